The van der Waals surface area contributed by atoms with Crippen LogP contribution in [0.15, 0.2) is 30.3 Å². The summed E-state index contributed by atoms with van der Waals surface area (Å²) in [5, 5.41) is 9.44. The van der Waals surface area contributed by atoms with Gasteiger partial charge in [0.25, 0.3) is 0 Å². The Labute approximate surface area is 145 Å². The third-order valence-corrected chi connectivity index (χ3v) is 3.66. The number of methoxy groups -OCH3 is 1. The molecule has 0 saturated heterocycles. The first-order valence-electron chi connectivity index (χ1n) is 7.84. The fourth-order valence-electron chi connectivity index (χ4n) is 2.46. The van der Waals surface area contributed by atoms with Crippen molar-refractivity contribution in [3.8, 4) is 34.5 Å². The van der Waals surface area contributed by atoms with E-state index in [1.165, 1.54) is 0 Å². The van der Waals surface area contributed by atoms with Gasteiger partial charge in [-0.15, -0.1) is 0 Å². The van der Waals surface area contributed by atoms with Crippen LogP contribution in [0.4, 0.5) is 0 Å². The fraction of sp³-hybridized carbons (Fsp3) is 0.333. The molecule has 0 spiro atoms. The minimum absolute atomic E-state index is 0.236. The third-order valence-electron chi connectivity index (χ3n) is 3.66. The monoisotopic (exact) mass is 348 g/mol. The van der Waals surface area contributed by atoms with Crippen molar-refractivity contribution in [2.75, 3.05) is 27.5 Å². The Hall–Kier alpha value is -2.80. The van der Waals surface area contributed by atoms with E-state index >= 15 is 0 Å². The van der Waals surface area contributed by atoms with E-state index in [-0.39, 0.29) is 26.1 Å². The molecule has 0 radical (unpaired) electrons. The summed E-state index contributed by atoms with van der Waals surface area (Å²) in [5.41, 5.74) is 0.824. The Morgan fingerprint density at radius 2 is 1.68 bits per heavy atom. The Kier molecular flexibility index (Phi) is 5.35. The molecule has 0 amide bonds. The maximum Gasteiger partial charge on any atom is 0.231 e. The van der Waals surface area contributed by atoms with Gasteiger partial charge in [0.05, 0.1) is 0 Å². The highest BCUT2D eigenvalue weighted by molar-refractivity contribution is 5.54. The van der Waals surface area contributed by atoms with E-state index in [0.29, 0.717) is 17.2 Å². The first-order valence-corrected chi connectivity index (χ1v) is 7.84. The highest BCUT2D eigenvalue weighted by Crippen LogP contribution is 2.40. The van der Waals surface area contributed by atoms with Crippen LogP contribution in [0, 0.1) is 0 Å². The maximum absolute atomic E-state index is 9.44. The smallest absolute Gasteiger partial charge is 0.231 e. The highest BCUT2D eigenvalue weighted by Gasteiger charge is 2.19. The number of phenols is 1. The molecule has 2 heterocycles. The third kappa shape index (κ3) is 3.83. The SMILES string of the molecule is CCc1c(O)ccc2c1OCO2.COCOc1ccc2c(c1)OCO2. The molecular weight excluding hydrogens is 328 g/mol. The maximum atomic E-state index is 9.44. The molecule has 0 fully saturated rings. The highest BCUT2D eigenvalue weighted by atomic mass is 16.7. The van der Waals surface area contributed by atoms with E-state index in [0.717, 1.165) is 23.5 Å². The number of fused-ring (bicyclic) bond motifs is 2. The summed E-state index contributed by atoms with van der Waals surface area (Å²) in [6.07, 6.45) is 0.748. The van der Waals surface area contributed by atoms with E-state index in [1.807, 2.05) is 19.1 Å². The molecule has 0 saturated carbocycles. The van der Waals surface area contributed by atoms with E-state index in [2.05, 4.69) is 0 Å². The van der Waals surface area contributed by atoms with Crippen LogP contribution in [0.1, 0.15) is 12.5 Å². The molecule has 7 heteroatoms. The van der Waals surface area contributed by atoms with Crippen LogP contribution in [0.3, 0.4) is 0 Å². The predicted molar refractivity (Wildman–Crippen MR) is 88.7 cm³/mol. The van der Waals surface area contributed by atoms with Crippen molar-refractivity contribution in [3.63, 3.8) is 0 Å². The topological polar surface area (TPSA) is 75.6 Å². The average Bonchev–Trinajstić information content (AvgIpc) is 3.29. The lowest BCUT2D eigenvalue weighted by Crippen LogP contribution is -1.98. The second kappa shape index (κ2) is 7.85. The number of hydrogen-bond donors (Lipinski definition) is 1. The molecule has 0 unspecified atom stereocenters. The molecule has 0 atom stereocenters. The Balaban J connectivity index is 0.000000146. The van der Waals surface area contributed by atoms with Crippen LogP contribution in [0.5, 0.6) is 34.5 Å². The van der Waals surface area contributed by atoms with E-state index in [1.54, 1.807) is 25.3 Å². The van der Waals surface area contributed by atoms with Gasteiger partial charge in [-0.2, -0.15) is 0 Å². The standard InChI is InChI=1S/C9H10O4.C9H10O3/c1-10-5-11-7-2-3-8-9(4-7)13-6-12-8;1-2-6-7(10)3-4-8-9(6)12-5-11-8/h2-4H,5-6H2,1H3;3-4,10H,2,5H2,1H3. The zero-order valence-electron chi connectivity index (χ0n) is 14.1. The number of ether oxygens (including phenoxy) is 6. The first-order chi connectivity index (χ1) is 12.2. The number of hydrogen-bond acceptors (Lipinski definition) is 7. The number of phenolic OH excluding ortho intramolecular Hbond substituents is 1. The minimum atomic E-state index is 0.236. The minimum Gasteiger partial charge on any atom is -0.508 e. The van der Waals surface area contributed by atoms with Crippen LogP contribution in [0.25, 0.3) is 0 Å². The van der Waals surface area contributed by atoms with Gasteiger partial charge in [-0.1, -0.05) is 6.92 Å². The van der Waals surface area contributed by atoms with Crippen LogP contribution < -0.4 is 23.7 Å². The first kappa shape index (κ1) is 17.0. The quantitative estimate of drug-likeness (QED) is 0.851. The molecule has 0 aromatic heterocycles. The molecule has 4 rings (SSSR count). The van der Waals surface area contributed by atoms with Crippen molar-refractivity contribution in [1.82, 2.24) is 0 Å². The molecule has 7 nitrogen and oxygen atoms in total. The summed E-state index contributed by atoms with van der Waals surface area (Å²) in [7, 11) is 1.58. The number of benzene rings is 2. The summed E-state index contributed by atoms with van der Waals surface area (Å²) in [4.78, 5) is 0. The van der Waals surface area contributed by atoms with Crippen molar-refractivity contribution in [2.45, 2.75) is 13.3 Å². The average molecular weight is 348 g/mol. The van der Waals surface area contributed by atoms with Crippen LogP contribution in [0.2, 0.25) is 0 Å². The molecule has 0 bridgehead atoms. The summed E-state index contributed by atoms with van der Waals surface area (Å²) in [5.74, 6) is 3.88. The van der Waals surface area contributed by atoms with Crippen molar-refractivity contribution >= 4 is 0 Å². The van der Waals surface area contributed by atoms with Gasteiger partial charge in [-0.25, -0.2) is 0 Å². The van der Waals surface area contributed by atoms with E-state index in [9.17, 15) is 5.11 Å². The molecule has 2 aromatic carbocycles. The fourth-order valence-corrected chi connectivity index (χ4v) is 2.46. The zero-order chi connectivity index (χ0) is 17.6. The molecule has 1 N–H and O–H groups in total. The summed E-state index contributed by atoms with van der Waals surface area (Å²) < 4.78 is 30.7. The molecule has 25 heavy (non-hydrogen) atoms. The van der Waals surface area contributed by atoms with Gasteiger partial charge < -0.3 is 33.5 Å². The van der Waals surface area contributed by atoms with Gasteiger partial charge in [0.15, 0.2) is 29.8 Å². The number of rotatable bonds is 4. The second-order valence-electron chi connectivity index (χ2n) is 5.22. The van der Waals surface area contributed by atoms with Crippen molar-refractivity contribution in [1.29, 1.82) is 0 Å². The Morgan fingerprint density at radius 3 is 2.48 bits per heavy atom. The van der Waals surface area contributed by atoms with Crippen LogP contribution in [-0.4, -0.2) is 32.6 Å². The normalized spacial score (nSPS) is 13.2. The van der Waals surface area contributed by atoms with Crippen molar-refractivity contribution in [2.24, 2.45) is 0 Å². The summed E-state index contributed by atoms with van der Waals surface area (Å²) in [6, 6.07) is 8.75. The Morgan fingerprint density at radius 1 is 0.960 bits per heavy atom. The lowest BCUT2D eigenvalue weighted by molar-refractivity contribution is 0.0510. The largest absolute Gasteiger partial charge is 0.508 e. The molecule has 0 aliphatic carbocycles. The molecule has 134 valence electrons. The van der Waals surface area contributed by atoms with Crippen LogP contribution in [-0.2, 0) is 11.2 Å². The number of aromatic hydroxyl groups is 1. The van der Waals surface area contributed by atoms with Crippen molar-refractivity contribution < 1.29 is 33.5 Å². The van der Waals surface area contributed by atoms with Gasteiger partial charge in [0.2, 0.25) is 13.6 Å². The molecule has 2 aliphatic heterocycles. The van der Waals surface area contributed by atoms with Gasteiger partial charge in [-0.05, 0) is 30.7 Å². The van der Waals surface area contributed by atoms with Gasteiger partial charge in [-0.3, -0.25) is 0 Å². The van der Waals surface area contributed by atoms with E-state index < -0.39 is 0 Å². The van der Waals surface area contributed by atoms with Gasteiger partial charge >= 0.3 is 0 Å². The lowest BCUT2D eigenvalue weighted by atomic mass is 10.1. The van der Waals surface area contributed by atoms with Gasteiger partial charge in [0, 0.05) is 18.7 Å². The summed E-state index contributed by atoms with van der Waals surface area (Å²) in [6.45, 7) is 2.74. The second-order valence-corrected chi connectivity index (χ2v) is 5.22. The van der Waals surface area contributed by atoms with Crippen LogP contribution >= 0.6 is 0 Å². The zero-order valence-corrected chi connectivity index (χ0v) is 14.1. The van der Waals surface area contributed by atoms with E-state index in [4.69, 9.17) is 28.4 Å². The summed E-state index contributed by atoms with van der Waals surface area (Å²) >= 11 is 0. The van der Waals surface area contributed by atoms with Crippen molar-refractivity contribution in [3.05, 3.63) is 35.9 Å². The van der Waals surface area contributed by atoms with Gasteiger partial charge in [0.1, 0.15) is 11.5 Å². The molecular formula is C18H20O7. The Bertz CT molecular complexity index is 730. The predicted octanol–water partition coefficient (Wildman–Crippen LogP) is 3.08. The molecule has 2 aromatic rings. The lowest BCUT2D eigenvalue weighted by Gasteiger charge is -2.04. The molecule has 2 aliphatic rings.